The molecule has 0 spiro atoms. The molecule has 10 heavy (non-hydrogen) atoms. The first-order valence-electron chi connectivity index (χ1n) is 3.56. The fourth-order valence-electron chi connectivity index (χ4n) is 0.909. The lowest BCUT2D eigenvalue weighted by atomic mass is 10.1. The van der Waals surface area contributed by atoms with Gasteiger partial charge in [-0.1, -0.05) is 0 Å². The van der Waals surface area contributed by atoms with Gasteiger partial charge in [-0.05, 0) is 20.8 Å². The molecule has 0 aromatic carbocycles. The highest BCUT2D eigenvalue weighted by Gasteiger charge is 2.23. The van der Waals surface area contributed by atoms with E-state index in [0.29, 0.717) is 0 Å². The number of nitrogens with zero attached hydrogens (tertiary/aromatic N) is 2. The molecule has 0 saturated heterocycles. The minimum Gasteiger partial charge on any atom is -0.355 e. The Balaban J connectivity index is 2.55. The standard InChI is InChI=1S/C7H15N3/c1-7(2,3)10-4-6(8)9-5-10/h5-6H,4,8H2,1-3H3. The van der Waals surface area contributed by atoms with E-state index in [4.69, 9.17) is 5.73 Å². The Morgan fingerprint density at radius 3 is 2.40 bits per heavy atom. The molecule has 58 valence electrons. The van der Waals surface area contributed by atoms with E-state index in [0.717, 1.165) is 6.54 Å². The second-order valence-electron chi connectivity index (χ2n) is 3.66. The molecule has 0 saturated carbocycles. The molecule has 1 aliphatic heterocycles. The minimum atomic E-state index is -0.0146. The molecule has 0 aliphatic carbocycles. The third-order valence-electron chi connectivity index (χ3n) is 1.64. The Bertz CT molecular complexity index is 145. The van der Waals surface area contributed by atoms with Gasteiger partial charge < -0.3 is 10.6 Å². The van der Waals surface area contributed by atoms with Crippen molar-refractivity contribution in [2.45, 2.75) is 32.5 Å². The van der Waals surface area contributed by atoms with Crippen molar-refractivity contribution >= 4 is 6.34 Å². The van der Waals surface area contributed by atoms with Crippen LogP contribution in [-0.2, 0) is 0 Å². The van der Waals surface area contributed by atoms with Gasteiger partial charge >= 0.3 is 0 Å². The van der Waals surface area contributed by atoms with Gasteiger partial charge in [0.15, 0.2) is 0 Å². The topological polar surface area (TPSA) is 41.6 Å². The summed E-state index contributed by atoms with van der Waals surface area (Å²) in [6.45, 7) is 7.30. The SMILES string of the molecule is CC(C)(C)N1C=NC(N)C1. The van der Waals surface area contributed by atoms with Crippen LogP contribution in [0.2, 0.25) is 0 Å². The fraction of sp³-hybridized carbons (Fsp3) is 0.857. The molecule has 1 atom stereocenters. The van der Waals surface area contributed by atoms with Gasteiger partial charge in [-0.15, -0.1) is 0 Å². The molecule has 1 rings (SSSR count). The molecule has 3 nitrogen and oxygen atoms in total. The molecular formula is C7H15N3. The third-order valence-corrected chi connectivity index (χ3v) is 1.64. The summed E-state index contributed by atoms with van der Waals surface area (Å²) >= 11 is 0. The zero-order chi connectivity index (χ0) is 7.78. The highest BCUT2D eigenvalue weighted by Crippen LogP contribution is 2.14. The summed E-state index contributed by atoms with van der Waals surface area (Å²) in [5, 5.41) is 0. The molecule has 0 bridgehead atoms. The molecule has 1 aliphatic rings. The van der Waals surface area contributed by atoms with E-state index in [1.165, 1.54) is 0 Å². The first kappa shape index (κ1) is 7.54. The van der Waals surface area contributed by atoms with E-state index in [1.807, 2.05) is 6.34 Å². The highest BCUT2D eigenvalue weighted by molar-refractivity contribution is 5.58. The van der Waals surface area contributed by atoms with Crippen LogP contribution in [0, 0.1) is 0 Å². The smallest absolute Gasteiger partial charge is 0.116 e. The molecule has 0 aromatic heterocycles. The number of aliphatic imine (C=N–C) groups is 1. The number of hydrogen-bond acceptors (Lipinski definition) is 3. The minimum absolute atomic E-state index is 0.0146. The van der Waals surface area contributed by atoms with Gasteiger partial charge in [0.2, 0.25) is 0 Å². The van der Waals surface area contributed by atoms with Crippen LogP contribution in [0.25, 0.3) is 0 Å². The lowest BCUT2D eigenvalue weighted by Crippen LogP contribution is -2.41. The summed E-state index contributed by atoms with van der Waals surface area (Å²) in [7, 11) is 0. The largest absolute Gasteiger partial charge is 0.355 e. The zero-order valence-electron chi connectivity index (χ0n) is 6.83. The average molecular weight is 141 g/mol. The quantitative estimate of drug-likeness (QED) is 0.531. The molecule has 3 heteroatoms. The van der Waals surface area contributed by atoms with Gasteiger partial charge in [0, 0.05) is 5.54 Å². The van der Waals surface area contributed by atoms with Crippen LogP contribution in [0.15, 0.2) is 4.99 Å². The van der Waals surface area contributed by atoms with Crippen molar-refractivity contribution in [2.24, 2.45) is 10.7 Å². The maximum Gasteiger partial charge on any atom is 0.116 e. The van der Waals surface area contributed by atoms with Gasteiger partial charge in [-0.2, -0.15) is 0 Å². The monoisotopic (exact) mass is 141 g/mol. The summed E-state index contributed by atoms with van der Waals surface area (Å²) < 4.78 is 0. The molecule has 1 heterocycles. The van der Waals surface area contributed by atoms with Crippen molar-refractivity contribution in [3.05, 3.63) is 0 Å². The Labute approximate surface area is 61.9 Å². The molecule has 0 aromatic rings. The van der Waals surface area contributed by atoms with E-state index in [1.54, 1.807) is 0 Å². The maximum atomic E-state index is 5.58. The summed E-state index contributed by atoms with van der Waals surface area (Å²) in [5.41, 5.74) is 5.75. The van der Waals surface area contributed by atoms with E-state index < -0.39 is 0 Å². The summed E-state index contributed by atoms with van der Waals surface area (Å²) in [6, 6.07) is 0. The van der Waals surface area contributed by atoms with E-state index >= 15 is 0 Å². The van der Waals surface area contributed by atoms with Crippen LogP contribution in [0.4, 0.5) is 0 Å². The molecule has 1 unspecified atom stereocenters. The summed E-state index contributed by atoms with van der Waals surface area (Å²) in [5.74, 6) is 0. The van der Waals surface area contributed by atoms with Gasteiger partial charge in [-0.25, -0.2) is 0 Å². The van der Waals surface area contributed by atoms with Gasteiger partial charge in [-0.3, -0.25) is 4.99 Å². The number of hydrogen-bond donors (Lipinski definition) is 1. The van der Waals surface area contributed by atoms with E-state index in [2.05, 4.69) is 30.7 Å². The highest BCUT2D eigenvalue weighted by atomic mass is 15.3. The average Bonchev–Trinajstić information content (AvgIpc) is 2.11. The molecule has 2 N–H and O–H groups in total. The van der Waals surface area contributed by atoms with Crippen LogP contribution in [0.5, 0.6) is 0 Å². The first-order valence-corrected chi connectivity index (χ1v) is 3.56. The Morgan fingerprint density at radius 2 is 2.20 bits per heavy atom. The molecule has 0 radical (unpaired) electrons. The van der Waals surface area contributed by atoms with Crippen LogP contribution < -0.4 is 5.73 Å². The normalized spacial score (nSPS) is 26.0. The van der Waals surface area contributed by atoms with E-state index in [-0.39, 0.29) is 11.7 Å². The zero-order valence-corrected chi connectivity index (χ0v) is 6.83. The fourth-order valence-corrected chi connectivity index (χ4v) is 0.909. The van der Waals surface area contributed by atoms with Crippen molar-refractivity contribution in [3.63, 3.8) is 0 Å². The van der Waals surface area contributed by atoms with E-state index in [9.17, 15) is 0 Å². The lowest BCUT2D eigenvalue weighted by Gasteiger charge is -2.30. The van der Waals surface area contributed by atoms with Crippen LogP contribution >= 0.6 is 0 Å². The predicted octanol–water partition coefficient (Wildman–Crippen LogP) is 0.414. The Morgan fingerprint density at radius 1 is 1.60 bits per heavy atom. The molecule has 0 fully saturated rings. The Hall–Kier alpha value is -0.570. The van der Waals surface area contributed by atoms with Gasteiger partial charge in [0.1, 0.15) is 6.17 Å². The first-order chi connectivity index (χ1) is 4.50. The summed E-state index contributed by atoms with van der Waals surface area (Å²) in [4.78, 5) is 6.21. The van der Waals surface area contributed by atoms with Crippen LogP contribution in [0.1, 0.15) is 20.8 Å². The van der Waals surface area contributed by atoms with Gasteiger partial charge in [0.05, 0.1) is 12.9 Å². The number of nitrogens with two attached hydrogens (primary N) is 1. The van der Waals surface area contributed by atoms with Crippen LogP contribution in [-0.4, -0.2) is 29.5 Å². The van der Waals surface area contributed by atoms with Crippen LogP contribution in [0.3, 0.4) is 0 Å². The lowest BCUT2D eigenvalue weighted by molar-refractivity contribution is 0.252. The van der Waals surface area contributed by atoms with Crippen molar-refractivity contribution in [1.29, 1.82) is 0 Å². The Kier molecular flexibility index (Phi) is 1.68. The maximum absolute atomic E-state index is 5.58. The molecule has 0 amide bonds. The second kappa shape index (κ2) is 2.23. The molecular weight excluding hydrogens is 126 g/mol. The van der Waals surface area contributed by atoms with Gasteiger partial charge in [0.25, 0.3) is 0 Å². The number of rotatable bonds is 0. The third kappa shape index (κ3) is 1.48. The van der Waals surface area contributed by atoms with Crippen molar-refractivity contribution in [2.75, 3.05) is 6.54 Å². The predicted molar refractivity (Wildman–Crippen MR) is 42.9 cm³/mol. The van der Waals surface area contributed by atoms with Crippen molar-refractivity contribution < 1.29 is 0 Å². The van der Waals surface area contributed by atoms with Crippen molar-refractivity contribution in [3.8, 4) is 0 Å². The van der Waals surface area contributed by atoms with Crippen molar-refractivity contribution in [1.82, 2.24) is 4.90 Å². The summed E-state index contributed by atoms with van der Waals surface area (Å²) in [6.07, 6.45) is 1.82. The second-order valence-corrected chi connectivity index (χ2v) is 3.66.